The van der Waals surface area contributed by atoms with Crippen molar-refractivity contribution in [3.8, 4) is 5.88 Å². The first-order valence-corrected chi connectivity index (χ1v) is 5.72. The zero-order valence-electron chi connectivity index (χ0n) is 10.1. The molecule has 2 heterocycles. The molecule has 10 heteroatoms. The van der Waals surface area contributed by atoms with E-state index in [0.29, 0.717) is 0 Å². The number of rotatable bonds is 2. The minimum atomic E-state index is -1.73. The Labute approximate surface area is 110 Å². The average molecular weight is 290 g/mol. The number of aromatic amines is 2. The third kappa shape index (κ3) is 2.34. The van der Waals surface area contributed by atoms with Crippen molar-refractivity contribution in [2.75, 3.05) is 6.61 Å². The van der Waals surface area contributed by atoms with Crippen molar-refractivity contribution in [1.29, 1.82) is 0 Å². The summed E-state index contributed by atoms with van der Waals surface area (Å²) in [6, 6.07) is 0. The van der Waals surface area contributed by atoms with Crippen LogP contribution in [0.3, 0.4) is 0 Å². The maximum Gasteiger partial charge on any atom is 0.328 e. The predicted molar refractivity (Wildman–Crippen MR) is 62.1 cm³/mol. The van der Waals surface area contributed by atoms with Crippen molar-refractivity contribution in [2.24, 2.45) is 0 Å². The fourth-order valence-corrected chi connectivity index (χ4v) is 2.09. The number of aromatic hydroxyl groups is 1. The molecule has 5 atom stereocenters. The van der Waals surface area contributed by atoms with Crippen LogP contribution in [0.5, 0.6) is 5.88 Å². The number of hydrogen-bond acceptors (Lipinski definition) is 8. The van der Waals surface area contributed by atoms with Crippen molar-refractivity contribution in [3.63, 3.8) is 0 Å². The maximum absolute atomic E-state index is 11.7. The molecule has 2 rings (SSSR count). The highest BCUT2D eigenvalue weighted by Gasteiger charge is 2.45. The van der Waals surface area contributed by atoms with Crippen molar-refractivity contribution in [1.82, 2.24) is 9.97 Å². The predicted octanol–water partition coefficient (Wildman–Crippen LogP) is -3.72. The summed E-state index contributed by atoms with van der Waals surface area (Å²) in [5.41, 5.74) is -2.49. The second-order valence-electron chi connectivity index (χ2n) is 4.42. The van der Waals surface area contributed by atoms with Crippen LogP contribution in [0.1, 0.15) is 11.7 Å². The van der Waals surface area contributed by atoms with Crippen molar-refractivity contribution in [2.45, 2.75) is 30.5 Å². The van der Waals surface area contributed by atoms with Crippen LogP contribution in [0.15, 0.2) is 9.59 Å². The molecule has 1 fully saturated rings. The van der Waals surface area contributed by atoms with Gasteiger partial charge in [-0.1, -0.05) is 0 Å². The summed E-state index contributed by atoms with van der Waals surface area (Å²) in [5.74, 6) is -0.830. The summed E-state index contributed by atoms with van der Waals surface area (Å²) in [7, 11) is 0. The van der Waals surface area contributed by atoms with Gasteiger partial charge < -0.3 is 30.3 Å². The molecule has 7 N–H and O–H groups in total. The smallest absolute Gasteiger partial charge is 0.328 e. The van der Waals surface area contributed by atoms with Gasteiger partial charge in [-0.2, -0.15) is 0 Å². The Morgan fingerprint density at radius 1 is 1.05 bits per heavy atom. The van der Waals surface area contributed by atoms with Crippen LogP contribution in [-0.2, 0) is 4.74 Å². The minimum Gasteiger partial charge on any atom is -0.494 e. The minimum absolute atomic E-state index is 0.512. The van der Waals surface area contributed by atoms with Gasteiger partial charge in [-0.25, -0.2) is 4.79 Å². The molecular formula is C10H14N2O8. The highest BCUT2D eigenvalue weighted by molar-refractivity contribution is 5.26. The topological polar surface area (TPSA) is 176 Å². The molecule has 1 aliphatic rings. The lowest BCUT2D eigenvalue weighted by molar-refractivity contribution is -0.232. The summed E-state index contributed by atoms with van der Waals surface area (Å²) in [5, 5.41) is 47.6. The largest absolute Gasteiger partial charge is 0.494 e. The standard InChI is InChI=1S/C10H14N2O8/c13-1-2-4(14)5(15)6(16)7(20-2)3-8(17)11-10(19)12-9(3)18/h2,4-7,13-16H,1H2,(H3,11,12,17,18,19)/t2-,4-,5+,6-,7+/m1/s1. The Balaban J connectivity index is 2.47. The third-order valence-corrected chi connectivity index (χ3v) is 3.14. The van der Waals surface area contributed by atoms with E-state index in [9.17, 15) is 30.0 Å². The van der Waals surface area contributed by atoms with E-state index in [2.05, 4.69) is 0 Å². The van der Waals surface area contributed by atoms with E-state index in [1.165, 1.54) is 0 Å². The average Bonchev–Trinajstić information content (AvgIpc) is 2.37. The summed E-state index contributed by atoms with van der Waals surface area (Å²) in [4.78, 5) is 26.4. The van der Waals surface area contributed by atoms with E-state index in [-0.39, 0.29) is 0 Å². The van der Waals surface area contributed by atoms with E-state index >= 15 is 0 Å². The van der Waals surface area contributed by atoms with Gasteiger partial charge in [0, 0.05) is 0 Å². The van der Waals surface area contributed by atoms with Crippen molar-refractivity contribution < 1.29 is 30.3 Å². The van der Waals surface area contributed by atoms with E-state index < -0.39 is 59.8 Å². The number of H-pyrrole nitrogens is 2. The van der Waals surface area contributed by atoms with Crippen LogP contribution in [0.4, 0.5) is 0 Å². The first kappa shape index (κ1) is 14.7. The molecule has 1 aromatic rings. The normalized spacial score (nSPS) is 34.1. The Bertz CT molecular complexity index is 594. The van der Waals surface area contributed by atoms with E-state index in [4.69, 9.17) is 9.84 Å². The molecule has 112 valence electrons. The van der Waals surface area contributed by atoms with Gasteiger partial charge in [0.2, 0.25) is 5.88 Å². The SMILES string of the molecule is O=c1[nH]c(O)c([C@@H]2O[C@H](CO)[C@@H](O)[C@H](O)[C@H]2O)c(=O)[nH]1. The molecule has 0 bridgehead atoms. The fourth-order valence-electron chi connectivity index (χ4n) is 2.09. The molecule has 0 aliphatic carbocycles. The van der Waals surface area contributed by atoms with Gasteiger partial charge in [0.1, 0.15) is 36.1 Å². The van der Waals surface area contributed by atoms with Gasteiger partial charge in [0.05, 0.1) is 6.61 Å². The maximum atomic E-state index is 11.7. The van der Waals surface area contributed by atoms with Gasteiger partial charge in [-0.15, -0.1) is 0 Å². The van der Waals surface area contributed by atoms with Crippen LogP contribution in [0.25, 0.3) is 0 Å². The summed E-state index contributed by atoms with van der Waals surface area (Å²) < 4.78 is 5.11. The second kappa shape index (κ2) is 5.34. The van der Waals surface area contributed by atoms with Gasteiger partial charge >= 0.3 is 5.69 Å². The molecule has 0 saturated carbocycles. The Morgan fingerprint density at radius 3 is 2.25 bits per heavy atom. The zero-order valence-corrected chi connectivity index (χ0v) is 10.1. The van der Waals surface area contributed by atoms with Crippen LogP contribution >= 0.6 is 0 Å². The first-order chi connectivity index (χ1) is 9.36. The van der Waals surface area contributed by atoms with Crippen LogP contribution in [0.2, 0.25) is 0 Å². The molecule has 0 amide bonds. The van der Waals surface area contributed by atoms with Crippen molar-refractivity contribution in [3.05, 3.63) is 26.4 Å². The number of hydrogen-bond donors (Lipinski definition) is 7. The second-order valence-corrected chi connectivity index (χ2v) is 4.42. The lowest BCUT2D eigenvalue weighted by atomic mass is 9.92. The molecule has 1 saturated heterocycles. The monoisotopic (exact) mass is 290 g/mol. The van der Waals surface area contributed by atoms with Crippen LogP contribution in [-0.4, -0.2) is 66.5 Å². The Hall–Kier alpha value is -1.72. The molecule has 0 spiro atoms. The Morgan fingerprint density at radius 2 is 1.70 bits per heavy atom. The summed E-state index contributed by atoms with van der Waals surface area (Å²) in [6.45, 7) is -0.677. The number of ether oxygens (including phenoxy) is 1. The van der Waals surface area contributed by atoms with Gasteiger partial charge in [-0.3, -0.25) is 14.8 Å². The third-order valence-electron chi connectivity index (χ3n) is 3.14. The molecule has 0 unspecified atom stereocenters. The van der Waals surface area contributed by atoms with Crippen LogP contribution < -0.4 is 11.2 Å². The van der Waals surface area contributed by atoms with E-state index in [1.54, 1.807) is 0 Å². The molecule has 10 nitrogen and oxygen atoms in total. The fraction of sp³-hybridized carbons (Fsp3) is 0.600. The van der Waals surface area contributed by atoms with Crippen LogP contribution in [0, 0.1) is 0 Å². The molecule has 0 radical (unpaired) electrons. The lowest BCUT2D eigenvalue weighted by Gasteiger charge is -2.39. The quantitative estimate of drug-likeness (QED) is 0.291. The van der Waals surface area contributed by atoms with Gasteiger partial charge in [0.25, 0.3) is 5.56 Å². The van der Waals surface area contributed by atoms with Crippen molar-refractivity contribution >= 4 is 0 Å². The zero-order chi connectivity index (χ0) is 15.0. The molecule has 1 aromatic heterocycles. The Kier molecular flexibility index (Phi) is 3.92. The number of aliphatic hydroxyl groups excluding tert-OH is 4. The molecular weight excluding hydrogens is 276 g/mol. The number of aliphatic hydroxyl groups is 4. The highest BCUT2D eigenvalue weighted by Crippen LogP contribution is 2.33. The molecule has 20 heavy (non-hydrogen) atoms. The highest BCUT2D eigenvalue weighted by atomic mass is 16.5. The lowest BCUT2D eigenvalue weighted by Crippen LogP contribution is -2.56. The molecule has 0 aromatic carbocycles. The van der Waals surface area contributed by atoms with Gasteiger partial charge in [0.15, 0.2) is 0 Å². The molecule has 1 aliphatic heterocycles. The van der Waals surface area contributed by atoms with E-state index in [1.807, 2.05) is 9.97 Å². The number of aromatic nitrogens is 2. The van der Waals surface area contributed by atoms with E-state index in [0.717, 1.165) is 0 Å². The van der Waals surface area contributed by atoms with Gasteiger partial charge in [-0.05, 0) is 0 Å². The summed E-state index contributed by atoms with van der Waals surface area (Å²) >= 11 is 0. The number of nitrogens with one attached hydrogen (secondary N) is 2. The summed E-state index contributed by atoms with van der Waals surface area (Å²) in [6.07, 6.45) is -7.77. The first-order valence-electron chi connectivity index (χ1n) is 5.72.